The highest BCUT2D eigenvalue weighted by molar-refractivity contribution is 6.10. The van der Waals surface area contributed by atoms with Crippen molar-refractivity contribution in [3.05, 3.63) is 42.2 Å². The standard InChI is InChI=1S/C11H8N4O/c16-11-7-3-1-5-12-9(7)15-10-8(14-11)4-2-6-13-10/h1-6H,(H,14,16)(H,12,13,15). The summed E-state index contributed by atoms with van der Waals surface area (Å²) in [6.45, 7) is 0. The number of hydrogen-bond acceptors (Lipinski definition) is 4. The summed E-state index contributed by atoms with van der Waals surface area (Å²) in [6, 6.07) is 7.00. The Morgan fingerprint density at radius 2 is 1.69 bits per heavy atom. The first-order valence-corrected chi connectivity index (χ1v) is 4.83. The molecule has 0 radical (unpaired) electrons. The molecule has 2 N–H and O–H groups in total. The fourth-order valence-electron chi connectivity index (χ4n) is 1.60. The van der Waals surface area contributed by atoms with Gasteiger partial charge in [-0.15, -0.1) is 0 Å². The van der Waals surface area contributed by atoms with E-state index in [1.807, 2.05) is 0 Å². The summed E-state index contributed by atoms with van der Waals surface area (Å²) in [5.74, 6) is 0.952. The maximum atomic E-state index is 11.8. The summed E-state index contributed by atoms with van der Waals surface area (Å²) in [5, 5.41) is 5.80. The van der Waals surface area contributed by atoms with E-state index in [-0.39, 0.29) is 5.91 Å². The van der Waals surface area contributed by atoms with E-state index in [1.54, 1.807) is 36.7 Å². The fourth-order valence-corrected chi connectivity index (χ4v) is 1.60. The van der Waals surface area contributed by atoms with E-state index < -0.39 is 0 Å². The van der Waals surface area contributed by atoms with Crippen molar-refractivity contribution in [3.8, 4) is 0 Å². The average molecular weight is 212 g/mol. The Balaban J connectivity index is 2.18. The molecule has 0 saturated heterocycles. The van der Waals surface area contributed by atoms with Crippen LogP contribution in [-0.2, 0) is 0 Å². The Morgan fingerprint density at radius 3 is 2.56 bits per heavy atom. The molecular weight excluding hydrogens is 204 g/mol. The number of amides is 1. The third-order valence-electron chi connectivity index (χ3n) is 2.35. The summed E-state index contributed by atoms with van der Waals surface area (Å²) in [7, 11) is 0. The molecule has 5 heteroatoms. The summed E-state index contributed by atoms with van der Waals surface area (Å²) < 4.78 is 0. The second-order valence-corrected chi connectivity index (χ2v) is 3.38. The normalized spacial score (nSPS) is 12.9. The lowest BCUT2D eigenvalue weighted by Gasteiger charge is -2.04. The highest BCUT2D eigenvalue weighted by atomic mass is 16.1. The van der Waals surface area contributed by atoms with Crippen LogP contribution in [0, 0.1) is 0 Å². The minimum absolute atomic E-state index is 0.178. The Morgan fingerprint density at radius 1 is 0.938 bits per heavy atom. The van der Waals surface area contributed by atoms with Crippen molar-refractivity contribution in [2.45, 2.75) is 0 Å². The Kier molecular flexibility index (Phi) is 1.83. The van der Waals surface area contributed by atoms with Gasteiger partial charge in [-0.3, -0.25) is 4.79 Å². The van der Waals surface area contributed by atoms with E-state index >= 15 is 0 Å². The molecule has 3 heterocycles. The second-order valence-electron chi connectivity index (χ2n) is 3.38. The van der Waals surface area contributed by atoms with Gasteiger partial charge in [-0.2, -0.15) is 0 Å². The van der Waals surface area contributed by atoms with Crippen LogP contribution in [0.5, 0.6) is 0 Å². The largest absolute Gasteiger partial charge is 0.323 e. The second kappa shape index (κ2) is 3.30. The highest BCUT2D eigenvalue weighted by Crippen LogP contribution is 2.27. The topological polar surface area (TPSA) is 66.9 Å². The molecule has 16 heavy (non-hydrogen) atoms. The summed E-state index contributed by atoms with van der Waals surface area (Å²) >= 11 is 0. The monoisotopic (exact) mass is 212 g/mol. The van der Waals surface area contributed by atoms with Crippen LogP contribution in [0.4, 0.5) is 17.3 Å². The average Bonchev–Trinajstić information content (AvgIpc) is 2.45. The van der Waals surface area contributed by atoms with Crippen molar-refractivity contribution in [1.29, 1.82) is 0 Å². The number of nitrogens with zero attached hydrogens (tertiary/aromatic N) is 2. The van der Waals surface area contributed by atoms with Gasteiger partial charge in [0.1, 0.15) is 5.82 Å². The zero-order valence-electron chi connectivity index (χ0n) is 8.27. The highest BCUT2D eigenvalue weighted by Gasteiger charge is 2.19. The van der Waals surface area contributed by atoms with Crippen LogP contribution in [0.25, 0.3) is 0 Å². The zero-order valence-corrected chi connectivity index (χ0v) is 8.27. The number of fused-ring (bicyclic) bond motifs is 2. The lowest BCUT2D eigenvalue weighted by atomic mass is 10.2. The summed E-state index contributed by atoms with van der Waals surface area (Å²) in [5.41, 5.74) is 1.17. The molecule has 2 aromatic heterocycles. The van der Waals surface area contributed by atoms with Gasteiger partial charge < -0.3 is 10.6 Å². The van der Waals surface area contributed by atoms with Gasteiger partial charge in [0, 0.05) is 12.4 Å². The predicted molar refractivity (Wildman–Crippen MR) is 59.7 cm³/mol. The number of rotatable bonds is 0. The van der Waals surface area contributed by atoms with Crippen LogP contribution < -0.4 is 10.6 Å². The van der Waals surface area contributed by atoms with E-state index in [0.717, 1.165) is 0 Å². The van der Waals surface area contributed by atoms with Gasteiger partial charge in [-0.25, -0.2) is 9.97 Å². The summed E-state index contributed by atoms with van der Waals surface area (Å²) in [6.07, 6.45) is 3.29. The third-order valence-corrected chi connectivity index (χ3v) is 2.35. The number of nitrogens with one attached hydrogen (secondary N) is 2. The molecule has 0 fully saturated rings. The first-order chi connectivity index (χ1) is 7.84. The lowest BCUT2D eigenvalue weighted by Crippen LogP contribution is -2.10. The van der Waals surface area contributed by atoms with Crippen molar-refractivity contribution in [2.24, 2.45) is 0 Å². The van der Waals surface area contributed by atoms with Gasteiger partial charge in [0.05, 0.1) is 11.3 Å². The molecule has 0 bridgehead atoms. The SMILES string of the molecule is O=C1Nc2cccnc2Nc2ncccc21. The van der Waals surface area contributed by atoms with Gasteiger partial charge in [-0.05, 0) is 24.3 Å². The molecular formula is C11H8N4O. The minimum Gasteiger partial charge on any atom is -0.323 e. The Hall–Kier alpha value is -2.43. The number of carbonyl (C=O) groups is 1. The van der Waals surface area contributed by atoms with Crippen LogP contribution in [0.15, 0.2) is 36.7 Å². The first kappa shape index (κ1) is 8.84. The van der Waals surface area contributed by atoms with Crippen LogP contribution in [0.2, 0.25) is 0 Å². The molecule has 3 rings (SSSR count). The lowest BCUT2D eigenvalue weighted by molar-refractivity contribution is 0.102. The number of anilines is 3. The van der Waals surface area contributed by atoms with Crippen molar-refractivity contribution in [1.82, 2.24) is 9.97 Å². The van der Waals surface area contributed by atoms with Gasteiger partial charge >= 0.3 is 0 Å². The van der Waals surface area contributed by atoms with E-state index in [2.05, 4.69) is 20.6 Å². The molecule has 0 spiro atoms. The van der Waals surface area contributed by atoms with Crippen molar-refractivity contribution in [3.63, 3.8) is 0 Å². The molecule has 1 amide bonds. The number of aromatic nitrogens is 2. The summed E-state index contributed by atoms with van der Waals surface area (Å²) in [4.78, 5) is 20.1. The third kappa shape index (κ3) is 1.30. The molecule has 1 aliphatic heterocycles. The maximum absolute atomic E-state index is 11.8. The quantitative estimate of drug-likeness (QED) is 0.698. The molecule has 78 valence electrons. The Bertz CT molecular complexity index is 567. The number of hydrogen-bond donors (Lipinski definition) is 2. The first-order valence-electron chi connectivity index (χ1n) is 4.83. The van der Waals surface area contributed by atoms with Gasteiger partial charge in [0.15, 0.2) is 5.82 Å². The molecule has 5 nitrogen and oxygen atoms in total. The number of pyridine rings is 2. The van der Waals surface area contributed by atoms with E-state index in [1.165, 1.54) is 0 Å². The molecule has 0 atom stereocenters. The maximum Gasteiger partial charge on any atom is 0.259 e. The van der Waals surface area contributed by atoms with E-state index in [4.69, 9.17) is 0 Å². The van der Waals surface area contributed by atoms with Crippen molar-refractivity contribution in [2.75, 3.05) is 10.6 Å². The van der Waals surface area contributed by atoms with Crippen LogP contribution in [-0.4, -0.2) is 15.9 Å². The molecule has 0 saturated carbocycles. The van der Waals surface area contributed by atoms with E-state index in [9.17, 15) is 4.79 Å². The van der Waals surface area contributed by atoms with Crippen LogP contribution in [0.3, 0.4) is 0 Å². The van der Waals surface area contributed by atoms with Crippen LogP contribution >= 0.6 is 0 Å². The minimum atomic E-state index is -0.178. The van der Waals surface area contributed by atoms with Gasteiger partial charge in [0.25, 0.3) is 5.91 Å². The van der Waals surface area contributed by atoms with Crippen LogP contribution in [0.1, 0.15) is 10.4 Å². The molecule has 0 aromatic carbocycles. The number of carbonyl (C=O) groups excluding carboxylic acids is 1. The fraction of sp³-hybridized carbons (Fsp3) is 0. The van der Waals surface area contributed by atoms with Crippen molar-refractivity contribution < 1.29 is 4.79 Å². The van der Waals surface area contributed by atoms with Crippen molar-refractivity contribution >= 4 is 23.2 Å². The molecule has 1 aliphatic rings. The zero-order chi connectivity index (χ0) is 11.0. The van der Waals surface area contributed by atoms with Gasteiger partial charge in [0.2, 0.25) is 0 Å². The molecule has 0 aliphatic carbocycles. The molecule has 2 aromatic rings. The van der Waals surface area contributed by atoms with Gasteiger partial charge in [-0.1, -0.05) is 0 Å². The Labute approximate surface area is 91.5 Å². The smallest absolute Gasteiger partial charge is 0.259 e. The molecule has 0 unspecified atom stereocenters. The predicted octanol–water partition coefficient (Wildman–Crippen LogP) is 1.79. The van der Waals surface area contributed by atoms with E-state index in [0.29, 0.717) is 22.9 Å².